The summed E-state index contributed by atoms with van der Waals surface area (Å²) in [6.07, 6.45) is 0. The Labute approximate surface area is 130 Å². The maximum absolute atomic E-state index is 6.23. The number of hydrogen-bond donors (Lipinski definition) is 1. The van der Waals surface area contributed by atoms with Crippen molar-refractivity contribution >= 4 is 38.9 Å². The lowest BCUT2D eigenvalue weighted by atomic mass is 10.2. The highest BCUT2D eigenvalue weighted by Crippen LogP contribution is 2.29. The molecule has 102 valence electrons. The van der Waals surface area contributed by atoms with Gasteiger partial charge >= 0.3 is 0 Å². The van der Waals surface area contributed by atoms with Crippen LogP contribution in [0.3, 0.4) is 0 Å². The summed E-state index contributed by atoms with van der Waals surface area (Å²) in [5, 5.41) is 5.96. The van der Waals surface area contributed by atoms with Crippen LogP contribution in [0, 0.1) is 0 Å². The molecule has 1 heterocycles. The molecule has 0 aliphatic rings. The van der Waals surface area contributed by atoms with Gasteiger partial charge in [0, 0.05) is 11.0 Å². The molecule has 2 nitrogen and oxygen atoms in total. The SMILES string of the molecule is CCNCc1ccc(OCc2sccc2Br)c(Cl)c1. The third-order valence-corrected chi connectivity index (χ3v) is 4.82. The molecule has 0 aliphatic carbocycles. The van der Waals surface area contributed by atoms with Crippen molar-refractivity contribution in [2.45, 2.75) is 20.1 Å². The Morgan fingerprint density at radius 2 is 2.21 bits per heavy atom. The monoisotopic (exact) mass is 359 g/mol. The van der Waals surface area contributed by atoms with Gasteiger partial charge in [0.15, 0.2) is 0 Å². The quantitative estimate of drug-likeness (QED) is 0.795. The van der Waals surface area contributed by atoms with Gasteiger partial charge in [-0.2, -0.15) is 0 Å². The van der Waals surface area contributed by atoms with E-state index in [1.54, 1.807) is 11.3 Å². The van der Waals surface area contributed by atoms with Gasteiger partial charge in [0.2, 0.25) is 0 Å². The van der Waals surface area contributed by atoms with Crippen LogP contribution in [0.15, 0.2) is 34.1 Å². The average Bonchev–Trinajstić information content (AvgIpc) is 2.81. The molecular formula is C14H15BrClNOS. The normalized spacial score (nSPS) is 10.7. The second-order valence-electron chi connectivity index (χ2n) is 4.03. The van der Waals surface area contributed by atoms with E-state index in [1.807, 2.05) is 29.6 Å². The first kappa shape index (κ1) is 14.9. The second kappa shape index (κ2) is 7.29. The molecule has 0 amide bonds. The van der Waals surface area contributed by atoms with Crippen LogP contribution in [0.1, 0.15) is 17.4 Å². The molecule has 0 radical (unpaired) electrons. The Morgan fingerprint density at radius 3 is 2.84 bits per heavy atom. The molecule has 0 bridgehead atoms. The Balaban J connectivity index is 1.99. The molecule has 1 N–H and O–H groups in total. The predicted octanol–water partition coefficient (Wildman–Crippen LogP) is 4.85. The van der Waals surface area contributed by atoms with Crippen LogP contribution in [-0.4, -0.2) is 6.54 Å². The lowest BCUT2D eigenvalue weighted by molar-refractivity contribution is 0.309. The third-order valence-electron chi connectivity index (χ3n) is 2.63. The van der Waals surface area contributed by atoms with Crippen molar-refractivity contribution in [3.8, 4) is 5.75 Å². The van der Waals surface area contributed by atoms with Gasteiger partial charge in [-0.15, -0.1) is 11.3 Å². The standard InChI is InChI=1S/C14H15BrClNOS/c1-2-17-8-10-3-4-13(12(16)7-10)18-9-14-11(15)5-6-19-14/h3-7,17H,2,8-9H2,1H3. The lowest BCUT2D eigenvalue weighted by Gasteiger charge is -2.09. The Bertz CT molecular complexity index is 544. The van der Waals surface area contributed by atoms with Crippen LogP contribution >= 0.6 is 38.9 Å². The largest absolute Gasteiger partial charge is 0.486 e. The first-order valence-electron chi connectivity index (χ1n) is 6.04. The summed E-state index contributed by atoms with van der Waals surface area (Å²) in [5.41, 5.74) is 1.16. The number of rotatable bonds is 6. The zero-order chi connectivity index (χ0) is 13.7. The van der Waals surface area contributed by atoms with Crippen LogP contribution in [-0.2, 0) is 13.2 Å². The predicted molar refractivity (Wildman–Crippen MR) is 85.2 cm³/mol. The fourth-order valence-electron chi connectivity index (χ4n) is 1.61. The molecule has 0 atom stereocenters. The molecule has 5 heteroatoms. The van der Waals surface area contributed by atoms with E-state index < -0.39 is 0 Å². The molecule has 0 saturated heterocycles. The van der Waals surface area contributed by atoms with Crippen LogP contribution in [0.4, 0.5) is 0 Å². The maximum Gasteiger partial charge on any atom is 0.138 e. The summed E-state index contributed by atoms with van der Waals surface area (Å²) in [6, 6.07) is 7.93. The van der Waals surface area contributed by atoms with Crippen molar-refractivity contribution in [2.24, 2.45) is 0 Å². The second-order valence-corrected chi connectivity index (χ2v) is 6.29. The van der Waals surface area contributed by atoms with Crippen LogP contribution in [0.25, 0.3) is 0 Å². The maximum atomic E-state index is 6.23. The summed E-state index contributed by atoms with van der Waals surface area (Å²) >= 11 is 11.4. The van der Waals surface area contributed by atoms with Gasteiger partial charge in [0.25, 0.3) is 0 Å². The van der Waals surface area contributed by atoms with Crippen LogP contribution in [0.5, 0.6) is 5.75 Å². The van der Waals surface area contributed by atoms with Crippen molar-refractivity contribution < 1.29 is 4.74 Å². The first-order valence-corrected chi connectivity index (χ1v) is 8.09. The van der Waals surface area contributed by atoms with Gasteiger partial charge in [-0.3, -0.25) is 0 Å². The van der Waals surface area contributed by atoms with Crippen molar-refractivity contribution in [3.63, 3.8) is 0 Å². The van der Waals surface area contributed by atoms with E-state index in [0.29, 0.717) is 11.6 Å². The zero-order valence-electron chi connectivity index (χ0n) is 10.6. The molecule has 0 fully saturated rings. The molecule has 0 aliphatic heterocycles. The number of halogens is 2. The number of hydrogen-bond acceptors (Lipinski definition) is 3. The molecule has 2 aromatic rings. The molecular weight excluding hydrogens is 346 g/mol. The molecule has 0 unspecified atom stereocenters. The summed E-state index contributed by atoms with van der Waals surface area (Å²) in [4.78, 5) is 1.16. The van der Waals surface area contributed by atoms with E-state index in [2.05, 4.69) is 28.2 Å². The first-order chi connectivity index (χ1) is 9.20. The van der Waals surface area contributed by atoms with E-state index in [-0.39, 0.29) is 0 Å². The number of ether oxygens (including phenoxy) is 1. The zero-order valence-corrected chi connectivity index (χ0v) is 13.7. The van der Waals surface area contributed by atoms with E-state index in [1.165, 1.54) is 0 Å². The number of thiophene rings is 1. The minimum atomic E-state index is 0.532. The van der Waals surface area contributed by atoms with Gasteiger partial charge in [-0.1, -0.05) is 24.6 Å². The fourth-order valence-corrected chi connectivity index (χ4v) is 3.25. The number of nitrogens with one attached hydrogen (secondary N) is 1. The smallest absolute Gasteiger partial charge is 0.138 e. The Hall–Kier alpha value is -0.550. The number of benzene rings is 1. The minimum absolute atomic E-state index is 0.532. The topological polar surface area (TPSA) is 21.3 Å². The minimum Gasteiger partial charge on any atom is -0.486 e. The summed E-state index contributed by atoms with van der Waals surface area (Å²) in [5.74, 6) is 0.724. The van der Waals surface area contributed by atoms with Gasteiger partial charge in [0.05, 0.1) is 9.90 Å². The van der Waals surface area contributed by atoms with Crippen LogP contribution in [0.2, 0.25) is 5.02 Å². The van der Waals surface area contributed by atoms with Crippen molar-refractivity contribution in [3.05, 3.63) is 49.6 Å². The Kier molecular flexibility index (Phi) is 5.70. The van der Waals surface area contributed by atoms with E-state index in [4.69, 9.17) is 16.3 Å². The highest BCUT2D eigenvalue weighted by Gasteiger charge is 2.06. The van der Waals surface area contributed by atoms with Gasteiger partial charge in [-0.25, -0.2) is 0 Å². The van der Waals surface area contributed by atoms with E-state index in [0.717, 1.165) is 33.8 Å². The van der Waals surface area contributed by atoms with E-state index >= 15 is 0 Å². The van der Waals surface area contributed by atoms with Crippen molar-refractivity contribution in [1.29, 1.82) is 0 Å². The molecule has 1 aromatic heterocycles. The van der Waals surface area contributed by atoms with Gasteiger partial charge in [0.1, 0.15) is 12.4 Å². The summed E-state index contributed by atoms with van der Waals surface area (Å²) in [6.45, 7) is 4.39. The highest BCUT2D eigenvalue weighted by atomic mass is 79.9. The average molecular weight is 361 g/mol. The summed E-state index contributed by atoms with van der Waals surface area (Å²) < 4.78 is 6.83. The fraction of sp³-hybridized carbons (Fsp3) is 0.286. The summed E-state index contributed by atoms with van der Waals surface area (Å²) in [7, 11) is 0. The van der Waals surface area contributed by atoms with Gasteiger partial charge < -0.3 is 10.1 Å². The van der Waals surface area contributed by atoms with Gasteiger partial charge in [-0.05, 0) is 51.6 Å². The van der Waals surface area contributed by atoms with Crippen molar-refractivity contribution in [2.75, 3.05) is 6.54 Å². The highest BCUT2D eigenvalue weighted by molar-refractivity contribution is 9.10. The molecule has 0 saturated carbocycles. The Morgan fingerprint density at radius 1 is 1.37 bits per heavy atom. The van der Waals surface area contributed by atoms with Crippen molar-refractivity contribution in [1.82, 2.24) is 5.32 Å². The van der Waals surface area contributed by atoms with Crippen LogP contribution < -0.4 is 10.1 Å². The molecule has 1 aromatic carbocycles. The molecule has 2 rings (SSSR count). The third kappa shape index (κ3) is 4.21. The van der Waals surface area contributed by atoms with E-state index in [9.17, 15) is 0 Å². The molecule has 19 heavy (non-hydrogen) atoms. The lowest BCUT2D eigenvalue weighted by Crippen LogP contribution is -2.11. The molecule has 0 spiro atoms.